The fourth-order valence-corrected chi connectivity index (χ4v) is 3.26. The Morgan fingerprint density at radius 3 is 2.40 bits per heavy atom. The van der Waals surface area contributed by atoms with Crippen LogP contribution in [0.2, 0.25) is 0 Å². The Balaban J connectivity index is 1.84. The third-order valence-electron chi connectivity index (χ3n) is 4.42. The van der Waals surface area contributed by atoms with Crippen molar-refractivity contribution in [2.75, 3.05) is 19.8 Å². The van der Waals surface area contributed by atoms with Gasteiger partial charge in [0.25, 0.3) is 0 Å². The smallest absolute Gasteiger partial charge is 0.303 e. The van der Waals surface area contributed by atoms with Gasteiger partial charge in [-0.3, -0.25) is 9.59 Å². The summed E-state index contributed by atoms with van der Waals surface area (Å²) in [5, 5.41) is 21.8. The monoisotopic (exact) mass is 285 g/mol. The molecule has 114 valence electrons. The third-order valence-corrected chi connectivity index (χ3v) is 4.42. The van der Waals surface area contributed by atoms with E-state index in [0.29, 0.717) is 13.0 Å². The highest BCUT2D eigenvalue weighted by atomic mass is 16.5. The van der Waals surface area contributed by atoms with Gasteiger partial charge in [0.05, 0.1) is 13.0 Å². The summed E-state index contributed by atoms with van der Waals surface area (Å²) in [5.41, 5.74) is -1.37. The first-order valence-electron chi connectivity index (χ1n) is 7.22. The van der Waals surface area contributed by atoms with Crippen LogP contribution < -0.4 is 5.32 Å². The van der Waals surface area contributed by atoms with Crippen molar-refractivity contribution in [2.45, 2.75) is 50.5 Å². The van der Waals surface area contributed by atoms with E-state index in [1.165, 1.54) is 0 Å². The molecule has 1 aliphatic heterocycles. The fourth-order valence-electron chi connectivity index (χ4n) is 3.26. The molecule has 20 heavy (non-hydrogen) atoms. The number of nitrogens with one attached hydrogen (secondary N) is 1. The van der Waals surface area contributed by atoms with Gasteiger partial charge >= 0.3 is 5.97 Å². The molecule has 1 saturated heterocycles. The number of aliphatic carboxylic acids is 1. The molecule has 1 atom stereocenters. The first-order chi connectivity index (χ1) is 9.43. The predicted octanol–water partition coefficient (Wildman–Crippen LogP) is 0.679. The topological polar surface area (TPSA) is 95.9 Å². The van der Waals surface area contributed by atoms with Crippen molar-refractivity contribution in [1.29, 1.82) is 0 Å². The Morgan fingerprint density at radius 1 is 1.15 bits per heavy atom. The Morgan fingerprint density at radius 2 is 1.85 bits per heavy atom. The molecular formula is C14H23NO5. The van der Waals surface area contributed by atoms with Crippen LogP contribution in [0.1, 0.15) is 44.9 Å². The lowest BCUT2D eigenvalue weighted by atomic mass is 9.79. The molecule has 2 aliphatic rings. The largest absolute Gasteiger partial charge is 0.481 e. The van der Waals surface area contributed by atoms with E-state index in [4.69, 9.17) is 9.84 Å². The van der Waals surface area contributed by atoms with E-state index < -0.39 is 17.0 Å². The predicted molar refractivity (Wildman–Crippen MR) is 71.2 cm³/mol. The number of amides is 1. The van der Waals surface area contributed by atoms with Gasteiger partial charge in [-0.1, -0.05) is 12.8 Å². The standard InChI is InChI=1S/C14H23NO5/c16-11(15-9-14(19)5-6-20-10-14)7-13(8-12(17)18)3-1-2-4-13/h19H,1-10H2,(H,15,16)(H,17,18). The van der Waals surface area contributed by atoms with E-state index in [0.717, 1.165) is 25.7 Å². The minimum Gasteiger partial charge on any atom is -0.481 e. The van der Waals surface area contributed by atoms with Crippen LogP contribution in [-0.4, -0.2) is 47.4 Å². The van der Waals surface area contributed by atoms with Crippen molar-refractivity contribution in [1.82, 2.24) is 5.32 Å². The second kappa shape index (κ2) is 6.10. The summed E-state index contributed by atoms with van der Waals surface area (Å²) in [5.74, 6) is -1.02. The van der Waals surface area contributed by atoms with E-state index >= 15 is 0 Å². The van der Waals surface area contributed by atoms with Gasteiger partial charge in [0.15, 0.2) is 0 Å². The summed E-state index contributed by atoms with van der Waals surface area (Å²) in [4.78, 5) is 23.0. The first kappa shape index (κ1) is 15.3. The van der Waals surface area contributed by atoms with E-state index in [1.54, 1.807) is 0 Å². The van der Waals surface area contributed by atoms with Crippen LogP contribution in [0.5, 0.6) is 0 Å². The van der Waals surface area contributed by atoms with Gasteiger partial charge < -0.3 is 20.3 Å². The molecule has 3 N–H and O–H groups in total. The molecule has 6 nitrogen and oxygen atoms in total. The Kier molecular flexibility index (Phi) is 4.65. The summed E-state index contributed by atoms with van der Waals surface area (Å²) >= 11 is 0. The van der Waals surface area contributed by atoms with Gasteiger partial charge in [0.2, 0.25) is 5.91 Å². The molecule has 1 amide bonds. The van der Waals surface area contributed by atoms with Gasteiger partial charge in [-0.25, -0.2) is 0 Å². The molecule has 2 rings (SSSR count). The Labute approximate surface area is 118 Å². The minimum atomic E-state index is -0.967. The van der Waals surface area contributed by atoms with Crippen LogP contribution in [0, 0.1) is 5.41 Å². The number of aliphatic hydroxyl groups is 1. The molecular weight excluding hydrogens is 262 g/mol. The highest BCUT2D eigenvalue weighted by molar-refractivity contribution is 5.78. The van der Waals surface area contributed by atoms with Crippen LogP contribution >= 0.6 is 0 Å². The number of carboxylic acid groups (broad SMARTS) is 1. The molecule has 2 fully saturated rings. The summed E-state index contributed by atoms with van der Waals surface area (Å²) in [6.45, 7) is 0.928. The normalized spacial score (nSPS) is 28.4. The van der Waals surface area contributed by atoms with Crippen LogP contribution in [0.4, 0.5) is 0 Å². The fraction of sp³-hybridized carbons (Fsp3) is 0.857. The molecule has 0 aromatic carbocycles. The van der Waals surface area contributed by atoms with Crippen LogP contribution in [0.15, 0.2) is 0 Å². The Hall–Kier alpha value is -1.14. The van der Waals surface area contributed by atoms with Gasteiger partial charge in [0.1, 0.15) is 5.60 Å². The molecule has 0 aromatic rings. The van der Waals surface area contributed by atoms with Gasteiger partial charge in [-0.05, 0) is 18.3 Å². The maximum Gasteiger partial charge on any atom is 0.303 e. The van der Waals surface area contributed by atoms with Crippen molar-refractivity contribution >= 4 is 11.9 Å². The summed E-state index contributed by atoms with van der Waals surface area (Å²) in [6, 6.07) is 0. The lowest BCUT2D eigenvalue weighted by molar-refractivity contribution is -0.140. The molecule has 0 spiro atoms. The van der Waals surface area contributed by atoms with Crippen molar-refractivity contribution in [3.05, 3.63) is 0 Å². The second-order valence-corrected chi connectivity index (χ2v) is 6.26. The SMILES string of the molecule is O=C(O)CC1(CC(=O)NCC2(O)CCOC2)CCCC1. The maximum atomic E-state index is 12.0. The number of hydrogen-bond acceptors (Lipinski definition) is 4. The second-order valence-electron chi connectivity index (χ2n) is 6.26. The van der Waals surface area contributed by atoms with Crippen LogP contribution in [0.3, 0.4) is 0 Å². The molecule has 0 radical (unpaired) electrons. The van der Waals surface area contributed by atoms with Gasteiger partial charge in [-0.15, -0.1) is 0 Å². The van der Waals surface area contributed by atoms with Gasteiger partial charge in [0, 0.05) is 26.0 Å². The lowest BCUT2D eigenvalue weighted by Gasteiger charge is -2.27. The van der Waals surface area contributed by atoms with Crippen LogP contribution in [-0.2, 0) is 14.3 Å². The van der Waals surface area contributed by atoms with Gasteiger partial charge in [-0.2, -0.15) is 0 Å². The molecule has 1 saturated carbocycles. The maximum absolute atomic E-state index is 12.0. The summed E-state index contributed by atoms with van der Waals surface area (Å²) in [6.07, 6.45) is 4.36. The first-order valence-corrected chi connectivity index (χ1v) is 7.22. The highest BCUT2D eigenvalue weighted by Crippen LogP contribution is 2.44. The highest BCUT2D eigenvalue weighted by Gasteiger charge is 2.39. The number of rotatable bonds is 6. The number of hydrogen-bond donors (Lipinski definition) is 3. The average Bonchev–Trinajstić information content (AvgIpc) is 2.97. The van der Waals surface area contributed by atoms with Crippen molar-refractivity contribution in [2.24, 2.45) is 5.41 Å². The van der Waals surface area contributed by atoms with E-state index in [9.17, 15) is 14.7 Å². The quantitative estimate of drug-likeness (QED) is 0.667. The molecule has 0 bridgehead atoms. The van der Waals surface area contributed by atoms with Crippen molar-refractivity contribution in [3.8, 4) is 0 Å². The van der Waals surface area contributed by atoms with E-state index in [2.05, 4.69) is 5.32 Å². The summed E-state index contributed by atoms with van der Waals surface area (Å²) < 4.78 is 5.12. The average molecular weight is 285 g/mol. The number of carboxylic acids is 1. The lowest BCUT2D eigenvalue weighted by Crippen LogP contribution is -2.44. The minimum absolute atomic E-state index is 0.0494. The Bertz CT molecular complexity index is 370. The van der Waals surface area contributed by atoms with Crippen LogP contribution in [0.25, 0.3) is 0 Å². The van der Waals surface area contributed by atoms with Crippen molar-refractivity contribution < 1.29 is 24.5 Å². The molecule has 1 unspecified atom stereocenters. The van der Waals surface area contributed by atoms with Crippen molar-refractivity contribution in [3.63, 3.8) is 0 Å². The molecule has 1 aliphatic carbocycles. The number of carbonyl (C=O) groups excluding carboxylic acids is 1. The third kappa shape index (κ3) is 3.93. The number of ether oxygens (including phenoxy) is 1. The molecule has 1 heterocycles. The summed E-state index contributed by atoms with van der Waals surface area (Å²) in [7, 11) is 0. The zero-order valence-electron chi connectivity index (χ0n) is 11.7. The van der Waals surface area contributed by atoms with E-state index in [1.807, 2.05) is 0 Å². The zero-order valence-corrected chi connectivity index (χ0v) is 11.7. The molecule has 0 aromatic heterocycles. The zero-order chi connectivity index (χ0) is 14.6. The number of carbonyl (C=O) groups is 2. The van der Waals surface area contributed by atoms with E-state index in [-0.39, 0.29) is 31.9 Å². The molecule has 6 heteroatoms.